The van der Waals surface area contributed by atoms with Crippen LogP contribution in [0.15, 0.2) is 29.3 Å². The average molecular weight is 306 g/mol. The molecule has 0 atom stereocenters. The lowest BCUT2D eigenvalue weighted by atomic mass is 10.2. The van der Waals surface area contributed by atoms with Gasteiger partial charge in [0, 0.05) is 31.1 Å². The molecule has 1 fully saturated rings. The first-order chi connectivity index (χ1) is 10.7. The number of hydrogen-bond donors (Lipinski definition) is 3. The van der Waals surface area contributed by atoms with Gasteiger partial charge in [-0.25, -0.2) is 9.38 Å². The molecule has 22 heavy (non-hydrogen) atoms. The lowest BCUT2D eigenvalue weighted by Gasteiger charge is -2.12. The van der Waals surface area contributed by atoms with Crippen LogP contribution in [0.4, 0.5) is 4.39 Å². The molecule has 0 saturated heterocycles. The number of benzene rings is 1. The Morgan fingerprint density at radius 3 is 2.64 bits per heavy atom. The average Bonchev–Trinajstić information content (AvgIpc) is 3.35. The molecule has 2 rings (SSSR count). The quantitative estimate of drug-likeness (QED) is 0.405. The van der Waals surface area contributed by atoms with Crippen molar-refractivity contribution in [3.8, 4) is 0 Å². The molecule has 3 N–H and O–H groups in total. The molecule has 0 aromatic heterocycles. The molecule has 1 aliphatic rings. The Morgan fingerprint density at radius 1 is 1.23 bits per heavy atom. The van der Waals surface area contributed by atoms with E-state index < -0.39 is 0 Å². The second kappa shape index (κ2) is 8.36. The lowest BCUT2D eigenvalue weighted by molar-refractivity contribution is -0.122. The summed E-state index contributed by atoms with van der Waals surface area (Å²) in [5.41, 5.74) is 0.557. The molecule has 1 aromatic carbocycles. The number of carbonyl (C=O) groups excluding carboxylic acids is 1. The Labute approximate surface area is 130 Å². The van der Waals surface area contributed by atoms with Crippen LogP contribution in [0.3, 0.4) is 0 Å². The zero-order chi connectivity index (χ0) is 15.8. The van der Waals surface area contributed by atoms with Crippen molar-refractivity contribution < 1.29 is 9.18 Å². The van der Waals surface area contributed by atoms with Crippen molar-refractivity contribution in [2.45, 2.75) is 26.3 Å². The number of guanidine groups is 1. The van der Waals surface area contributed by atoms with Crippen LogP contribution < -0.4 is 16.0 Å². The molecule has 0 aliphatic heterocycles. The SMILES string of the molecule is CCNC(=NCc1ccccc1F)NCCNC(=O)C1CC1. The van der Waals surface area contributed by atoms with Gasteiger partial charge in [-0.3, -0.25) is 4.79 Å². The van der Waals surface area contributed by atoms with E-state index in [2.05, 4.69) is 20.9 Å². The number of amides is 1. The molecule has 0 bridgehead atoms. The zero-order valence-corrected chi connectivity index (χ0v) is 12.9. The Bertz CT molecular complexity index is 529. The predicted octanol–water partition coefficient (Wildman–Crippen LogP) is 1.41. The molecule has 1 aromatic rings. The van der Waals surface area contributed by atoms with E-state index in [0.717, 1.165) is 19.4 Å². The van der Waals surface area contributed by atoms with Crippen LogP contribution in [0.1, 0.15) is 25.3 Å². The molecule has 0 heterocycles. The zero-order valence-electron chi connectivity index (χ0n) is 12.9. The molecule has 1 amide bonds. The van der Waals surface area contributed by atoms with Crippen LogP contribution in [-0.4, -0.2) is 31.5 Å². The molecular weight excluding hydrogens is 283 g/mol. The van der Waals surface area contributed by atoms with Gasteiger partial charge in [0.2, 0.25) is 5.91 Å². The van der Waals surface area contributed by atoms with Crippen LogP contribution in [0.2, 0.25) is 0 Å². The number of aliphatic imine (C=N–C) groups is 1. The maximum absolute atomic E-state index is 13.5. The highest BCUT2D eigenvalue weighted by Crippen LogP contribution is 2.28. The highest BCUT2D eigenvalue weighted by Gasteiger charge is 2.28. The summed E-state index contributed by atoms with van der Waals surface area (Å²) >= 11 is 0. The molecule has 120 valence electrons. The van der Waals surface area contributed by atoms with Gasteiger partial charge >= 0.3 is 0 Å². The fourth-order valence-corrected chi connectivity index (χ4v) is 1.99. The van der Waals surface area contributed by atoms with E-state index in [1.54, 1.807) is 18.2 Å². The number of carbonyl (C=O) groups is 1. The van der Waals surface area contributed by atoms with Crippen molar-refractivity contribution in [3.63, 3.8) is 0 Å². The van der Waals surface area contributed by atoms with Crippen molar-refractivity contribution in [3.05, 3.63) is 35.6 Å². The van der Waals surface area contributed by atoms with Crippen LogP contribution in [0.5, 0.6) is 0 Å². The van der Waals surface area contributed by atoms with E-state index in [1.165, 1.54) is 6.07 Å². The van der Waals surface area contributed by atoms with Gasteiger partial charge in [-0.1, -0.05) is 18.2 Å². The third kappa shape index (κ3) is 5.35. The first kappa shape index (κ1) is 16.3. The summed E-state index contributed by atoms with van der Waals surface area (Å²) in [5, 5.41) is 9.11. The maximum atomic E-state index is 13.5. The van der Waals surface area contributed by atoms with Gasteiger partial charge in [-0.2, -0.15) is 0 Å². The third-order valence-electron chi connectivity index (χ3n) is 3.37. The smallest absolute Gasteiger partial charge is 0.223 e. The molecule has 6 heteroatoms. The van der Waals surface area contributed by atoms with Crippen molar-refractivity contribution in [2.75, 3.05) is 19.6 Å². The van der Waals surface area contributed by atoms with Gasteiger partial charge in [-0.15, -0.1) is 0 Å². The normalized spacial score (nSPS) is 14.5. The van der Waals surface area contributed by atoms with Gasteiger partial charge in [0.15, 0.2) is 5.96 Å². The maximum Gasteiger partial charge on any atom is 0.223 e. The van der Waals surface area contributed by atoms with Crippen molar-refractivity contribution in [2.24, 2.45) is 10.9 Å². The number of rotatable bonds is 7. The summed E-state index contributed by atoms with van der Waals surface area (Å²) < 4.78 is 13.5. The summed E-state index contributed by atoms with van der Waals surface area (Å²) in [4.78, 5) is 15.8. The Kier molecular flexibility index (Phi) is 6.18. The van der Waals surface area contributed by atoms with E-state index in [0.29, 0.717) is 24.6 Å². The fourth-order valence-electron chi connectivity index (χ4n) is 1.99. The summed E-state index contributed by atoms with van der Waals surface area (Å²) in [6.45, 7) is 4.10. The van der Waals surface area contributed by atoms with Gasteiger partial charge < -0.3 is 16.0 Å². The van der Waals surface area contributed by atoms with E-state index >= 15 is 0 Å². The van der Waals surface area contributed by atoms with Crippen molar-refractivity contribution in [1.29, 1.82) is 0 Å². The fraction of sp³-hybridized carbons (Fsp3) is 0.500. The molecule has 0 radical (unpaired) electrons. The summed E-state index contributed by atoms with van der Waals surface area (Å²) in [5.74, 6) is 0.725. The van der Waals surface area contributed by atoms with Crippen LogP contribution in [-0.2, 0) is 11.3 Å². The molecular formula is C16H23FN4O. The van der Waals surface area contributed by atoms with Crippen molar-refractivity contribution >= 4 is 11.9 Å². The monoisotopic (exact) mass is 306 g/mol. The Hall–Kier alpha value is -2.11. The van der Waals surface area contributed by atoms with E-state index in [1.807, 2.05) is 6.92 Å². The second-order valence-corrected chi connectivity index (χ2v) is 5.28. The first-order valence-electron chi connectivity index (χ1n) is 7.74. The molecule has 0 unspecified atom stereocenters. The van der Waals surface area contributed by atoms with E-state index in [-0.39, 0.29) is 24.2 Å². The topological polar surface area (TPSA) is 65.5 Å². The summed E-state index contributed by atoms with van der Waals surface area (Å²) in [6, 6.07) is 6.60. The number of hydrogen-bond acceptors (Lipinski definition) is 2. The first-order valence-corrected chi connectivity index (χ1v) is 7.74. The lowest BCUT2D eigenvalue weighted by Crippen LogP contribution is -2.41. The summed E-state index contributed by atoms with van der Waals surface area (Å²) in [7, 11) is 0. The van der Waals surface area contributed by atoms with Crippen LogP contribution in [0, 0.1) is 11.7 Å². The minimum atomic E-state index is -0.251. The molecule has 1 saturated carbocycles. The second-order valence-electron chi connectivity index (χ2n) is 5.28. The van der Waals surface area contributed by atoms with Gasteiger partial charge in [0.1, 0.15) is 5.82 Å². The largest absolute Gasteiger partial charge is 0.357 e. The third-order valence-corrected chi connectivity index (χ3v) is 3.37. The predicted molar refractivity (Wildman–Crippen MR) is 85.0 cm³/mol. The molecule has 0 spiro atoms. The van der Waals surface area contributed by atoms with E-state index in [4.69, 9.17) is 0 Å². The van der Waals surface area contributed by atoms with Gasteiger partial charge in [-0.05, 0) is 25.8 Å². The Balaban J connectivity index is 1.76. The molecule has 1 aliphatic carbocycles. The highest BCUT2D eigenvalue weighted by atomic mass is 19.1. The van der Waals surface area contributed by atoms with Crippen LogP contribution in [0.25, 0.3) is 0 Å². The highest BCUT2D eigenvalue weighted by molar-refractivity contribution is 5.81. The van der Waals surface area contributed by atoms with E-state index in [9.17, 15) is 9.18 Å². The van der Waals surface area contributed by atoms with Gasteiger partial charge in [0.25, 0.3) is 0 Å². The minimum absolute atomic E-state index is 0.134. The number of nitrogens with one attached hydrogen (secondary N) is 3. The number of halogens is 1. The Morgan fingerprint density at radius 2 is 1.95 bits per heavy atom. The standard InChI is InChI=1S/C16H23FN4O/c1-2-18-16(20-10-9-19-15(22)12-7-8-12)21-11-13-5-3-4-6-14(13)17/h3-6,12H,2,7-11H2,1H3,(H,19,22)(H2,18,20,21). The molecule has 5 nitrogen and oxygen atoms in total. The number of nitrogens with zero attached hydrogens (tertiary/aromatic N) is 1. The van der Waals surface area contributed by atoms with Gasteiger partial charge in [0.05, 0.1) is 6.54 Å². The van der Waals surface area contributed by atoms with Crippen molar-refractivity contribution in [1.82, 2.24) is 16.0 Å². The minimum Gasteiger partial charge on any atom is -0.357 e. The summed E-state index contributed by atoms with van der Waals surface area (Å²) in [6.07, 6.45) is 2.01. The van der Waals surface area contributed by atoms with Crippen LogP contribution >= 0.6 is 0 Å².